The smallest absolute Gasteiger partial charge is 0.233 e. The Morgan fingerprint density at radius 1 is 1.15 bits per heavy atom. The molecule has 148 valence electrons. The van der Waals surface area contributed by atoms with Crippen molar-refractivity contribution in [1.29, 1.82) is 0 Å². The number of fused-ring (bicyclic) bond motifs is 3. The van der Waals surface area contributed by atoms with E-state index in [9.17, 15) is 4.79 Å². The zero-order valence-electron chi connectivity index (χ0n) is 16.7. The summed E-state index contributed by atoms with van der Waals surface area (Å²) in [6.45, 7) is 10.1. The van der Waals surface area contributed by atoms with Crippen molar-refractivity contribution in [2.24, 2.45) is 11.8 Å². The predicted octanol–water partition coefficient (Wildman–Crippen LogP) is 4.39. The van der Waals surface area contributed by atoms with Crippen molar-refractivity contribution in [3.8, 4) is 0 Å². The molecule has 0 unspecified atom stereocenters. The molecule has 0 saturated carbocycles. The highest BCUT2D eigenvalue weighted by atomic mass is 32.2. The van der Waals surface area contributed by atoms with E-state index < -0.39 is 0 Å². The maximum Gasteiger partial charge on any atom is 0.233 e. The average molecular weight is 407 g/mol. The van der Waals surface area contributed by atoms with Gasteiger partial charge in [-0.05, 0) is 43.1 Å². The third-order valence-corrected chi connectivity index (χ3v) is 6.69. The second kappa shape index (κ2) is 8.78. The first-order valence-corrected chi connectivity index (χ1v) is 11.6. The van der Waals surface area contributed by atoms with Crippen molar-refractivity contribution >= 4 is 45.0 Å². The molecule has 27 heavy (non-hydrogen) atoms. The SMILES string of the molecule is CC(C)CN(CC(C)C)C(=O)CSc1nc(N)c2c3c(sc2n1)CCCC3. The van der Waals surface area contributed by atoms with E-state index in [4.69, 9.17) is 10.7 Å². The molecule has 2 heterocycles. The van der Waals surface area contributed by atoms with Crippen LogP contribution >= 0.6 is 23.1 Å². The van der Waals surface area contributed by atoms with E-state index in [0.29, 0.717) is 28.6 Å². The molecule has 0 saturated heterocycles. The fourth-order valence-corrected chi connectivity index (χ4v) is 5.69. The second-order valence-corrected chi connectivity index (χ2v) is 10.2. The monoisotopic (exact) mass is 406 g/mol. The molecule has 0 radical (unpaired) electrons. The average Bonchev–Trinajstić information content (AvgIpc) is 2.97. The lowest BCUT2D eigenvalue weighted by atomic mass is 9.97. The van der Waals surface area contributed by atoms with Gasteiger partial charge in [0.05, 0.1) is 11.1 Å². The third kappa shape index (κ3) is 4.93. The largest absolute Gasteiger partial charge is 0.383 e. The zero-order chi connectivity index (χ0) is 19.6. The van der Waals surface area contributed by atoms with Crippen LogP contribution in [-0.4, -0.2) is 39.6 Å². The Kier molecular flexibility index (Phi) is 6.63. The maximum absolute atomic E-state index is 12.7. The minimum atomic E-state index is 0.148. The van der Waals surface area contributed by atoms with Crippen LogP contribution < -0.4 is 5.73 Å². The summed E-state index contributed by atoms with van der Waals surface area (Å²) in [6, 6.07) is 0. The van der Waals surface area contributed by atoms with E-state index in [1.54, 1.807) is 11.3 Å². The molecule has 7 heteroatoms. The molecule has 3 rings (SSSR count). The molecule has 2 N–H and O–H groups in total. The van der Waals surface area contributed by atoms with Crippen LogP contribution in [0, 0.1) is 11.8 Å². The van der Waals surface area contributed by atoms with E-state index in [2.05, 4.69) is 32.7 Å². The van der Waals surface area contributed by atoms with Crippen LogP contribution in [0.25, 0.3) is 10.2 Å². The number of nitrogen functional groups attached to an aromatic ring is 1. The molecule has 5 nitrogen and oxygen atoms in total. The molecule has 0 aromatic carbocycles. The van der Waals surface area contributed by atoms with Crippen LogP contribution in [0.2, 0.25) is 0 Å². The summed E-state index contributed by atoms with van der Waals surface area (Å²) in [4.78, 5) is 26.3. The van der Waals surface area contributed by atoms with Crippen molar-refractivity contribution in [2.45, 2.75) is 58.5 Å². The minimum Gasteiger partial charge on any atom is -0.383 e. The number of nitrogens with zero attached hydrogens (tertiary/aromatic N) is 3. The molecule has 1 aliphatic carbocycles. The first kappa shape index (κ1) is 20.4. The minimum absolute atomic E-state index is 0.148. The molecule has 1 aliphatic rings. The number of hydrogen-bond acceptors (Lipinski definition) is 6. The Morgan fingerprint density at radius 2 is 1.81 bits per heavy atom. The highest BCUT2D eigenvalue weighted by Gasteiger charge is 2.21. The Bertz CT molecular complexity index is 806. The van der Waals surface area contributed by atoms with Crippen molar-refractivity contribution < 1.29 is 4.79 Å². The lowest BCUT2D eigenvalue weighted by Gasteiger charge is -2.26. The molecule has 2 aromatic heterocycles. The lowest BCUT2D eigenvalue weighted by Crippen LogP contribution is -2.38. The number of aryl methyl sites for hydroxylation is 2. The molecule has 0 fully saturated rings. The quantitative estimate of drug-likeness (QED) is 0.545. The number of aromatic nitrogens is 2. The van der Waals surface area contributed by atoms with E-state index in [0.717, 1.165) is 36.1 Å². The number of anilines is 1. The number of nitrogens with two attached hydrogens (primary N) is 1. The van der Waals surface area contributed by atoms with Crippen LogP contribution in [0.5, 0.6) is 0 Å². The normalized spacial score (nSPS) is 14.1. The molecule has 0 spiro atoms. The van der Waals surface area contributed by atoms with Crippen LogP contribution in [0.15, 0.2) is 5.16 Å². The van der Waals surface area contributed by atoms with Crippen LogP contribution in [-0.2, 0) is 17.6 Å². The lowest BCUT2D eigenvalue weighted by molar-refractivity contribution is -0.129. The number of carbonyl (C=O) groups excluding carboxylic acids is 1. The molecular weight excluding hydrogens is 376 g/mol. The van der Waals surface area contributed by atoms with Crippen LogP contribution in [0.4, 0.5) is 5.82 Å². The van der Waals surface area contributed by atoms with Gasteiger partial charge in [-0.25, -0.2) is 9.97 Å². The molecule has 2 aromatic rings. The van der Waals surface area contributed by atoms with Crippen molar-refractivity contribution in [3.63, 3.8) is 0 Å². The first-order valence-electron chi connectivity index (χ1n) is 9.83. The highest BCUT2D eigenvalue weighted by molar-refractivity contribution is 7.99. The van der Waals surface area contributed by atoms with E-state index in [1.165, 1.54) is 35.0 Å². The molecule has 0 atom stereocenters. The van der Waals surface area contributed by atoms with E-state index in [1.807, 2.05) is 4.90 Å². The van der Waals surface area contributed by atoms with E-state index >= 15 is 0 Å². The summed E-state index contributed by atoms with van der Waals surface area (Å²) >= 11 is 3.14. The van der Waals surface area contributed by atoms with Gasteiger partial charge in [0, 0.05) is 18.0 Å². The number of hydrogen-bond donors (Lipinski definition) is 1. The number of thiophene rings is 1. The highest BCUT2D eigenvalue weighted by Crippen LogP contribution is 2.38. The number of thioether (sulfide) groups is 1. The van der Waals surface area contributed by atoms with Crippen molar-refractivity contribution in [3.05, 3.63) is 10.4 Å². The van der Waals surface area contributed by atoms with Crippen molar-refractivity contribution in [1.82, 2.24) is 14.9 Å². The fourth-order valence-electron chi connectivity index (χ4n) is 3.61. The van der Waals surface area contributed by atoms with Gasteiger partial charge in [0.25, 0.3) is 0 Å². The van der Waals surface area contributed by atoms with Gasteiger partial charge in [0.1, 0.15) is 10.6 Å². The molecule has 0 aliphatic heterocycles. The Hall–Kier alpha value is -1.34. The summed E-state index contributed by atoms with van der Waals surface area (Å²) < 4.78 is 0. The first-order chi connectivity index (χ1) is 12.8. The molecular formula is C20H30N4OS2. The second-order valence-electron chi connectivity index (χ2n) is 8.16. The Balaban J connectivity index is 1.73. The number of carbonyl (C=O) groups is 1. The summed E-state index contributed by atoms with van der Waals surface area (Å²) in [5.41, 5.74) is 7.62. The standard InChI is InChI=1S/C20H30N4OS2/c1-12(2)9-24(10-13(3)4)16(25)11-26-20-22-18(21)17-14-7-5-6-8-15(14)27-19(17)23-20/h12-13H,5-11H2,1-4H3,(H2,21,22,23). The summed E-state index contributed by atoms with van der Waals surface area (Å²) in [6.07, 6.45) is 4.65. The zero-order valence-corrected chi connectivity index (χ0v) is 18.4. The van der Waals surface area contributed by atoms with Crippen LogP contribution in [0.1, 0.15) is 51.0 Å². The van der Waals surface area contributed by atoms with Crippen molar-refractivity contribution in [2.75, 3.05) is 24.6 Å². The van der Waals surface area contributed by atoms with Gasteiger partial charge in [0.15, 0.2) is 5.16 Å². The topological polar surface area (TPSA) is 72.1 Å². The van der Waals surface area contributed by atoms with Crippen LogP contribution in [0.3, 0.4) is 0 Å². The van der Waals surface area contributed by atoms with Gasteiger partial charge in [-0.15, -0.1) is 11.3 Å². The summed E-state index contributed by atoms with van der Waals surface area (Å²) in [5, 5.41) is 1.66. The fraction of sp³-hybridized carbons (Fsp3) is 0.650. The Labute approximate surface area is 170 Å². The third-order valence-electron chi connectivity index (χ3n) is 4.67. The van der Waals surface area contributed by atoms with Gasteiger partial charge in [-0.2, -0.15) is 0 Å². The van der Waals surface area contributed by atoms with E-state index in [-0.39, 0.29) is 5.91 Å². The van der Waals surface area contributed by atoms with Gasteiger partial charge < -0.3 is 10.6 Å². The van der Waals surface area contributed by atoms with Gasteiger partial charge in [-0.1, -0.05) is 39.5 Å². The molecule has 1 amide bonds. The maximum atomic E-state index is 12.7. The summed E-state index contributed by atoms with van der Waals surface area (Å²) in [5.74, 6) is 1.98. The van der Waals surface area contributed by atoms with Gasteiger partial charge >= 0.3 is 0 Å². The van der Waals surface area contributed by atoms with Gasteiger partial charge in [0.2, 0.25) is 5.91 Å². The van der Waals surface area contributed by atoms with Gasteiger partial charge in [-0.3, -0.25) is 4.79 Å². The summed E-state index contributed by atoms with van der Waals surface area (Å²) in [7, 11) is 0. The Morgan fingerprint density at radius 3 is 2.48 bits per heavy atom. The number of amides is 1. The predicted molar refractivity (Wildman–Crippen MR) is 115 cm³/mol. The number of rotatable bonds is 7. The molecule has 0 bridgehead atoms.